The van der Waals surface area contributed by atoms with Crippen LogP contribution in [0, 0.1) is 0 Å². The number of nitrogens with one attached hydrogen (secondary N) is 1. The standard InChI is InChI=1S/C29H36ClF3N8O5/c1-5-21-23(37-8-10-39(11-9-37)27(44)46-28(2,3)4)24(43)41-26(35-25(36-41)38-12-14-45-15-13-38)40(21)17-22(42)34-20-7-6-18(16-19(20)30)29(31,32)33/h6-7,16H,5,8-15,17H2,1-4H3,(H,34,42). The molecule has 0 aliphatic carbocycles. The van der Waals surface area contributed by atoms with Crippen LogP contribution in [-0.2, 0) is 33.4 Å². The topological polar surface area (TPSA) is 127 Å². The van der Waals surface area contributed by atoms with E-state index in [0.717, 1.165) is 22.7 Å². The Hall–Kier alpha value is -4.05. The van der Waals surface area contributed by atoms with E-state index in [4.69, 9.17) is 21.1 Å². The largest absolute Gasteiger partial charge is 0.444 e. The fourth-order valence-corrected chi connectivity index (χ4v) is 5.61. The summed E-state index contributed by atoms with van der Waals surface area (Å²) in [7, 11) is 0. The first-order valence-corrected chi connectivity index (χ1v) is 15.3. The van der Waals surface area contributed by atoms with Gasteiger partial charge in [-0.05, 0) is 45.4 Å². The molecule has 2 aliphatic heterocycles. The van der Waals surface area contributed by atoms with Gasteiger partial charge in [-0.1, -0.05) is 18.5 Å². The zero-order valence-corrected chi connectivity index (χ0v) is 26.7. The summed E-state index contributed by atoms with van der Waals surface area (Å²) in [5.41, 5.74) is -1.19. The van der Waals surface area contributed by atoms with Gasteiger partial charge in [0.05, 0.1) is 35.2 Å². The number of hydrogen-bond donors (Lipinski definition) is 1. The van der Waals surface area contributed by atoms with Gasteiger partial charge in [-0.3, -0.25) is 9.59 Å². The van der Waals surface area contributed by atoms with Crippen molar-refractivity contribution in [2.45, 2.75) is 52.4 Å². The van der Waals surface area contributed by atoms with Gasteiger partial charge in [0, 0.05) is 39.3 Å². The summed E-state index contributed by atoms with van der Waals surface area (Å²) in [6, 6.07) is 2.67. The molecule has 0 saturated carbocycles. The van der Waals surface area contributed by atoms with Crippen LogP contribution in [0.15, 0.2) is 23.0 Å². The molecule has 0 radical (unpaired) electrons. The highest BCUT2D eigenvalue weighted by Gasteiger charge is 2.32. The Bertz CT molecular complexity index is 1670. The second-order valence-corrected chi connectivity index (χ2v) is 12.4. The van der Waals surface area contributed by atoms with E-state index in [0.29, 0.717) is 76.2 Å². The number of carbonyl (C=O) groups excluding carboxylic acids is 2. The van der Waals surface area contributed by atoms with Gasteiger partial charge < -0.3 is 34.1 Å². The fraction of sp³-hybridized carbons (Fsp3) is 0.552. The maximum absolute atomic E-state index is 14.0. The molecule has 2 aromatic heterocycles. The number of ether oxygens (including phenoxy) is 2. The molecule has 2 aliphatic rings. The van der Waals surface area contributed by atoms with Crippen molar-refractivity contribution in [1.29, 1.82) is 0 Å². The number of nitrogens with zero attached hydrogens (tertiary/aromatic N) is 7. The van der Waals surface area contributed by atoms with Crippen LogP contribution in [0.25, 0.3) is 5.78 Å². The number of rotatable bonds is 6. The molecule has 46 heavy (non-hydrogen) atoms. The summed E-state index contributed by atoms with van der Waals surface area (Å²) < 4.78 is 53.1. The number of halogens is 4. The first-order chi connectivity index (χ1) is 21.7. The molecule has 1 aromatic carbocycles. The quantitative estimate of drug-likeness (QED) is 0.419. The molecule has 2 amide bonds. The van der Waals surface area contributed by atoms with Crippen LogP contribution in [0.4, 0.5) is 35.3 Å². The normalized spacial score (nSPS) is 16.2. The molecule has 0 unspecified atom stereocenters. The first kappa shape index (κ1) is 33.3. The van der Waals surface area contributed by atoms with E-state index in [-0.39, 0.29) is 23.0 Å². The average Bonchev–Trinajstić information content (AvgIpc) is 3.45. The van der Waals surface area contributed by atoms with Crippen LogP contribution in [0.2, 0.25) is 5.02 Å². The van der Waals surface area contributed by atoms with Crippen molar-refractivity contribution in [3.8, 4) is 0 Å². The predicted molar refractivity (Wildman–Crippen MR) is 165 cm³/mol. The molecule has 0 bridgehead atoms. The highest BCUT2D eigenvalue weighted by atomic mass is 35.5. The van der Waals surface area contributed by atoms with Gasteiger partial charge in [-0.2, -0.15) is 22.7 Å². The van der Waals surface area contributed by atoms with Crippen LogP contribution >= 0.6 is 11.6 Å². The lowest BCUT2D eigenvalue weighted by Gasteiger charge is -2.37. The summed E-state index contributed by atoms with van der Waals surface area (Å²) in [6.45, 7) is 10.1. The first-order valence-electron chi connectivity index (χ1n) is 14.9. The third-order valence-electron chi connectivity index (χ3n) is 7.56. The highest BCUT2D eigenvalue weighted by molar-refractivity contribution is 6.33. The SMILES string of the molecule is CCc1c(N2CCN(C(=O)OC(C)(C)C)CC2)c(=O)n2nc(N3CCOCC3)nc2n1CC(=O)Nc1ccc(C(F)(F)F)cc1Cl. The van der Waals surface area contributed by atoms with Gasteiger partial charge in [0.25, 0.3) is 5.56 Å². The Morgan fingerprint density at radius 3 is 2.30 bits per heavy atom. The lowest BCUT2D eigenvalue weighted by molar-refractivity contribution is -0.137. The number of alkyl halides is 3. The molecule has 5 rings (SSSR count). The van der Waals surface area contributed by atoms with Crippen LogP contribution in [0.5, 0.6) is 0 Å². The molecular formula is C29H36ClF3N8O5. The molecule has 0 atom stereocenters. The monoisotopic (exact) mass is 668 g/mol. The summed E-state index contributed by atoms with van der Waals surface area (Å²) in [6.07, 6.45) is -4.70. The molecule has 2 saturated heterocycles. The molecule has 17 heteroatoms. The fourth-order valence-electron chi connectivity index (χ4n) is 5.38. The number of fused-ring (bicyclic) bond motifs is 1. The molecule has 2 fully saturated rings. The predicted octanol–water partition coefficient (Wildman–Crippen LogP) is 3.66. The summed E-state index contributed by atoms with van der Waals surface area (Å²) >= 11 is 6.09. The third-order valence-corrected chi connectivity index (χ3v) is 7.88. The minimum absolute atomic E-state index is 0.00346. The Labute approximate surface area is 267 Å². The number of benzene rings is 1. The number of carbonyl (C=O) groups is 2. The Morgan fingerprint density at radius 2 is 1.72 bits per heavy atom. The van der Waals surface area contributed by atoms with Crippen LogP contribution in [-0.4, -0.2) is 94.1 Å². The minimum atomic E-state index is -4.59. The van der Waals surface area contributed by atoms with E-state index in [1.54, 1.807) is 30.2 Å². The zero-order chi connectivity index (χ0) is 33.4. The van der Waals surface area contributed by atoms with Crippen LogP contribution < -0.4 is 20.7 Å². The number of aromatic nitrogens is 4. The minimum Gasteiger partial charge on any atom is -0.444 e. The Morgan fingerprint density at radius 1 is 1.04 bits per heavy atom. The van der Waals surface area contributed by atoms with Crippen molar-refractivity contribution in [2.75, 3.05) is 67.6 Å². The van der Waals surface area contributed by atoms with Gasteiger partial charge in [-0.15, -0.1) is 5.10 Å². The van der Waals surface area contributed by atoms with E-state index in [9.17, 15) is 27.6 Å². The van der Waals surface area contributed by atoms with Gasteiger partial charge >= 0.3 is 12.3 Å². The molecule has 250 valence electrons. The average molecular weight is 669 g/mol. The van der Waals surface area contributed by atoms with Crippen molar-refractivity contribution in [3.63, 3.8) is 0 Å². The second-order valence-electron chi connectivity index (χ2n) is 12.0. The molecule has 4 heterocycles. The molecule has 13 nitrogen and oxygen atoms in total. The lowest BCUT2D eigenvalue weighted by Crippen LogP contribution is -2.51. The molecular weight excluding hydrogens is 633 g/mol. The number of piperazine rings is 1. The summed E-state index contributed by atoms with van der Waals surface area (Å²) in [5, 5.41) is 6.83. The Balaban J connectivity index is 1.50. The summed E-state index contributed by atoms with van der Waals surface area (Å²) in [4.78, 5) is 50.1. The van der Waals surface area contributed by atoms with Crippen LogP contribution in [0.1, 0.15) is 39.0 Å². The van der Waals surface area contributed by atoms with E-state index in [1.807, 2.05) is 16.7 Å². The van der Waals surface area contributed by atoms with E-state index in [1.165, 1.54) is 0 Å². The van der Waals surface area contributed by atoms with Crippen molar-refractivity contribution < 1.29 is 32.2 Å². The maximum atomic E-state index is 14.0. The van der Waals surface area contributed by atoms with E-state index >= 15 is 0 Å². The highest BCUT2D eigenvalue weighted by Crippen LogP contribution is 2.34. The van der Waals surface area contributed by atoms with Crippen molar-refractivity contribution in [2.24, 2.45) is 0 Å². The second kappa shape index (κ2) is 13.0. The number of hydrogen-bond acceptors (Lipinski definition) is 9. The molecule has 3 aromatic rings. The summed E-state index contributed by atoms with van der Waals surface area (Å²) in [5.74, 6) is -0.166. The van der Waals surface area contributed by atoms with Gasteiger partial charge in [0.1, 0.15) is 17.8 Å². The number of amides is 2. The number of anilines is 3. The van der Waals surface area contributed by atoms with Gasteiger partial charge in [0.2, 0.25) is 17.6 Å². The van der Waals surface area contributed by atoms with Gasteiger partial charge in [0.15, 0.2) is 0 Å². The van der Waals surface area contributed by atoms with E-state index in [2.05, 4.69) is 15.4 Å². The van der Waals surface area contributed by atoms with Gasteiger partial charge in [-0.25, -0.2) is 4.79 Å². The lowest BCUT2D eigenvalue weighted by atomic mass is 10.2. The maximum Gasteiger partial charge on any atom is 0.416 e. The smallest absolute Gasteiger partial charge is 0.416 e. The zero-order valence-electron chi connectivity index (χ0n) is 26.0. The van der Waals surface area contributed by atoms with E-state index < -0.39 is 34.9 Å². The Kier molecular flexibility index (Phi) is 9.40. The van der Waals surface area contributed by atoms with Crippen LogP contribution in [0.3, 0.4) is 0 Å². The van der Waals surface area contributed by atoms with Crippen molar-refractivity contribution in [3.05, 3.63) is 44.8 Å². The molecule has 1 N–H and O–H groups in total. The van der Waals surface area contributed by atoms with Crippen molar-refractivity contribution in [1.82, 2.24) is 24.1 Å². The third kappa shape index (κ3) is 7.17. The van der Waals surface area contributed by atoms with Crippen molar-refractivity contribution >= 4 is 46.7 Å². The molecule has 0 spiro atoms. The number of morpholine rings is 1.